The summed E-state index contributed by atoms with van der Waals surface area (Å²) >= 11 is 0. The number of para-hydroxylation sites is 1. The summed E-state index contributed by atoms with van der Waals surface area (Å²) in [5, 5.41) is 6.51. The molecular weight excluding hydrogens is 441 g/mol. The molecule has 0 bridgehead atoms. The molecule has 2 rings (SSSR count). The number of benzene rings is 1. The summed E-state index contributed by atoms with van der Waals surface area (Å²) in [6.45, 7) is 7.65. The van der Waals surface area contributed by atoms with Gasteiger partial charge in [-0.15, -0.1) is 24.0 Å². The third-order valence-electron chi connectivity index (χ3n) is 3.84. The van der Waals surface area contributed by atoms with Crippen LogP contribution in [0.3, 0.4) is 0 Å². The zero-order valence-corrected chi connectivity index (χ0v) is 17.1. The maximum atomic E-state index is 13.9. The first kappa shape index (κ1) is 21.9. The molecule has 0 spiro atoms. The van der Waals surface area contributed by atoms with Gasteiger partial charge in [0.2, 0.25) is 0 Å². The standard InChI is InChI=1S/C17H26F2N4O.HI/c1-3-20-17(21-9-11-24-4-2)22-13-8-10-23(12-13)16-14(18)6-5-7-15(16)19;/h5-7,13H,3-4,8-12H2,1-2H3,(H2,20,21,22);1H. The van der Waals surface area contributed by atoms with Gasteiger partial charge in [0, 0.05) is 32.3 Å². The van der Waals surface area contributed by atoms with Crippen LogP contribution in [0.1, 0.15) is 20.3 Å². The predicted molar refractivity (Wildman–Crippen MR) is 108 cm³/mol. The van der Waals surface area contributed by atoms with Crippen LogP contribution in [0, 0.1) is 11.6 Å². The van der Waals surface area contributed by atoms with E-state index in [4.69, 9.17) is 4.74 Å². The van der Waals surface area contributed by atoms with Gasteiger partial charge in [0.1, 0.15) is 17.3 Å². The van der Waals surface area contributed by atoms with E-state index in [-0.39, 0.29) is 35.7 Å². The van der Waals surface area contributed by atoms with Crippen molar-refractivity contribution in [1.29, 1.82) is 0 Å². The van der Waals surface area contributed by atoms with E-state index in [2.05, 4.69) is 15.6 Å². The lowest BCUT2D eigenvalue weighted by atomic mass is 10.2. The van der Waals surface area contributed by atoms with Gasteiger partial charge < -0.3 is 20.3 Å². The predicted octanol–water partition coefficient (Wildman–Crippen LogP) is 2.75. The van der Waals surface area contributed by atoms with Crippen molar-refractivity contribution in [3.63, 3.8) is 0 Å². The van der Waals surface area contributed by atoms with Crippen LogP contribution in [-0.4, -0.2) is 51.4 Å². The van der Waals surface area contributed by atoms with Gasteiger partial charge in [-0.2, -0.15) is 0 Å². The van der Waals surface area contributed by atoms with Crippen LogP contribution < -0.4 is 15.5 Å². The fourth-order valence-corrected chi connectivity index (χ4v) is 2.75. The van der Waals surface area contributed by atoms with Crippen molar-refractivity contribution in [3.8, 4) is 0 Å². The van der Waals surface area contributed by atoms with E-state index in [0.29, 0.717) is 38.8 Å². The Balaban J connectivity index is 0.00000312. The Morgan fingerprint density at radius 2 is 2.04 bits per heavy atom. The molecule has 0 aliphatic carbocycles. The third-order valence-corrected chi connectivity index (χ3v) is 3.84. The maximum absolute atomic E-state index is 13.9. The van der Waals surface area contributed by atoms with Crippen LogP contribution in [0.4, 0.5) is 14.5 Å². The molecule has 1 saturated heterocycles. The molecule has 1 aliphatic rings. The topological polar surface area (TPSA) is 48.9 Å². The highest BCUT2D eigenvalue weighted by atomic mass is 127. The normalized spacial score (nSPS) is 17.4. The van der Waals surface area contributed by atoms with Crippen molar-refractivity contribution >= 4 is 35.6 Å². The van der Waals surface area contributed by atoms with Gasteiger partial charge in [0.25, 0.3) is 0 Å². The van der Waals surface area contributed by atoms with Gasteiger partial charge in [-0.25, -0.2) is 8.78 Å². The molecule has 0 saturated carbocycles. The highest BCUT2D eigenvalue weighted by molar-refractivity contribution is 14.0. The zero-order chi connectivity index (χ0) is 17.4. The molecule has 8 heteroatoms. The molecule has 0 amide bonds. The zero-order valence-electron chi connectivity index (χ0n) is 14.7. The van der Waals surface area contributed by atoms with E-state index in [1.165, 1.54) is 18.2 Å². The lowest BCUT2D eigenvalue weighted by Gasteiger charge is -2.21. The van der Waals surface area contributed by atoms with E-state index >= 15 is 0 Å². The summed E-state index contributed by atoms with van der Waals surface area (Å²) < 4.78 is 33.1. The van der Waals surface area contributed by atoms with Gasteiger partial charge in [0.15, 0.2) is 5.96 Å². The molecule has 1 aliphatic heterocycles. The van der Waals surface area contributed by atoms with Gasteiger partial charge in [0.05, 0.1) is 13.2 Å². The molecular formula is C17H27F2IN4O. The Hall–Kier alpha value is -1.16. The van der Waals surface area contributed by atoms with Crippen LogP contribution in [0.2, 0.25) is 0 Å². The summed E-state index contributed by atoms with van der Waals surface area (Å²) in [5.41, 5.74) is 0.0556. The van der Waals surface area contributed by atoms with Crippen LogP contribution in [0.25, 0.3) is 0 Å². The van der Waals surface area contributed by atoms with Crippen molar-refractivity contribution in [3.05, 3.63) is 29.8 Å². The van der Waals surface area contributed by atoms with E-state index in [1.807, 2.05) is 13.8 Å². The van der Waals surface area contributed by atoms with Gasteiger partial charge in [-0.1, -0.05) is 6.07 Å². The van der Waals surface area contributed by atoms with Gasteiger partial charge in [-0.3, -0.25) is 4.99 Å². The molecule has 1 atom stereocenters. The fraction of sp³-hybridized carbons (Fsp3) is 0.588. The first-order chi connectivity index (χ1) is 11.7. The monoisotopic (exact) mass is 468 g/mol. The number of ether oxygens (including phenoxy) is 1. The molecule has 1 heterocycles. The third kappa shape index (κ3) is 6.58. The number of aliphatic imine (C=N–C) groups is 1. The van der Waals surface area contributed by atoms with Crippen molar-refractivity contribution in [2.24, 2.45) is 4.99 Å². The Morgan fingerprint density at radius 1 is 1.32 bits per heavy atom. The Morgan fingerprint density at radius 3 is 2.68 bits per heavy atom. The second-order valence-electron chi connectivity index (χ2n) is 5.60. The van der Waals surface area contributed by atoms with Crippen molar-refractivity contribution in [2.75, 3.05) is 44.3 Å². The summed E-state index contributed by atoms with van der Waals surface area (Å²) in [4.78, 5) is 6.19. The average Bonchev–Trinajstić information content (AvgIpc) is 2.99. The second kappa shape index (κ2) is 11.5. The minimum atomic E-state index is -0.520. The molecule has 1 aromatic carbocycles. The van der Waals surface area contributed by atoms with Crippen molar-refractivity contribution < 1.29 is 13.5 Å². The molecule has 5 nitrogen and oxygen atoms in total. The minimum Gasteiger partial charge on any atom is -0.380 e. The largest absolute Gasteiger partial charge is 0.380 e. The Labute approximate surface area is 165 Å². The molecule has 0 aromatic heterocycles. The molecule has 1 fully saturated rings. The fourth-order valence-electron chi connectivity index (χ4n) is 2.75. The second-order valence-corrected chi connectivity index (χ2v) is 5.60. The maximum Gasteiger partial charge on any atom is 0.191 e. The number of rotatable bonds is 7. The van der Waals surface area contributed by atoms with E-state index in [0.717, 1.165) is 13.0 Å². The van der Waals surface area contributed by atoms with Crippen molar-refractivity contribution in [1.82, 2.24) is 10.6 Å². The summed E-state index contributed by atoms with van der Waals surface area (Å²) in [6, 6.07) is 4.05. The van der Waals surface area contributed by atoms with Gasteiger partial charge >= 0.3 is 0 Å². The number of nitrogens with one attached hydrogen (secondary N) is 2. The number of guanidine groups is 1. The Bertz CT molecular complexity index is 539. The molecule has 0 radical (unpaired) electrons. The van der Waals surface area contributed by atoms with E-state index < -0.39 is 11.6 Å². The van der Waals surface area contributed by atoms with Crippen LogP contribution in [0.5, 0.6) is 0 Å². The highest BCUT2D eigenvalue weighted by Gasteiger charge is 2.27. The quantitative estimate of drug-likeness (QED) is 0.280. The molecule has 25 heavy (non-hydrogen) atoms. The average molecular weight is 468 g/mol. The molecule has 142 valence electrons. The number of hydrogen-bond acceptors (Lipinski definition) is 3. The first-order valence-electron chi connectivity index (χ1n) is 8.47. The van der Waals surface area contributed by atoms with Crippen LogP contribution in [-0.2, 0) is 4.74 Å². The SMILES string of the molecule is CCNC(=NCCOCC)NC1CCN(c2c(F)cccc2F)C1.I. The first-order valence-corrected chi connectivity index (χ1v) is 8.47. The summed E-state index contributed by atoms with van der Waals surface area (Å²) in [7, 11) is 0. The number of hydrogen-bond donors (Lipinski definition) is 2. The highest BCUT2D eigenvalue weighted by Crippen LogP contribution is 2.26. The Kier molecular flexibility index (Phi) is 10.0. The lowest BCUT2D eigenvalue weighted by molar-refractivity contribution is 0.155. The van der Waals surface area contributed by atoms with Crippen molar-refractivity contribution in [2.45, 2.75) is 26.3 Å². The number of anilines is 1. The lowest BCUT2D eigenvalue weighted by Crippen LogP contribution is -2.44. The molecule has 1 unspecified atom stereocenters. The summed E-state index contributed by atoms with van der Waals surface area (Å²) in [6.07, 6.45) is 0.795. The summed E-state index contributed by atoms with van der Waals surface area (Å²) in [5.74, 6) is -0.334. The minimum absolute atomic E-state index is 0. The van der Waals surface area contributed by atoms with E-state index in [1.54, 1.807) is 4.90 Å². The van der Waals surface area contributed by atoms with E-state index in [9.17, 15) is 8.78 Å². The van der Waals surface area contributed by atoms with Crippen LogP contribution >= 0.6 is 24.0 Å². The molecule has 2 N–H and O–H groups in total. The smallest absolute Gasteiger partial charge is 0.191 e. The van der Waals surface area contributed by atoms with Crippen LogP contribution in [0.15, 0.2) is 23.2 Å². The number of halogens is 3. The number of nitrogens with zero attached hydrogens (tertiary/aromatic N) is 2. The van der Waals surface area contributed by atoms with Gasteiger partial charge in [-0.05, 0) is 32.4 Å². The molecule has 1 aromatic rings.